The Labute approximate surface area is 116 Å². The number of likely N-dealkylation sites (tertiary alicyclic amines) is 1. The first-order valence-corrected chi connectivity index (χ1v) is 7.20. The number of aromatic amines is 1. The number of aromatic nitrogens is 1. The van der Waals surface area contributed by atoms with Gasteiger partial charge in [0.25, 0.3) is 11.5 Å². The highest BCUT2D eigenvalue weighted by atomic mass is 35.5. The highest BCUT2D eigenvalue weighted by molar-refractivity contribution is 6.25. The lowest BCUT2D eigenvalue weighted by Gasteiger charge is -2.26. The molecule has 0 spiro atoms. The van der Waals surface area contributed by atoms with Gasteiger partial charge in [0.15, 0.2) is 0 Å². The van der Waals surface area contributed by atoms with E-state index in [4.69, 9.17) is 11.6 Å². The molecule has 5 heteroatoms. The van der Waals surface area contributed by atoms with Crippen LogP contribution in [0.25, 0.3) is 0 Å². The highest BCUT2D eigenvalue weighted by Crippen LogP contribution is 2.50. The molecule has 4 nitrogen and oxygen atoms in total. The van der Waals surface area contributed by atoms with E-state index in [1.807, 2.05) is 0 Å². The van der Waals surface area contributed by atoms with Crippen LogP contribution in [0, 0.1) is 0 Å². The van der Waals surface area contributed by atoms with Gasteiger partial charge in [0.05, 0.1) is 4.87 Å². The number of alkyl halides is 1. The van der Waals surface area contributed by atoms with Crippen LogP contribution in [0.2, 0.25) is 0 Å². The van der Waals surface area contributed by atoms with Gasteiger partial charge in [-0.1, -0.05) is 0 Å². The van der Waals surface area contributed by atoms with Gasteiger partial charge in [-0.05, 0) is 44.2 Å². The summed E-state index contributed by atoms with van der Waals surface area (Å²) >= 11 is 6.26. The minimum absolute atomic E-state index is 0.160. The van der Waals surface area contributed by atoms with Crippen molar-refractivity contribution < 1.29 is 4.79 Å². The molecule has 0 aromatic carbocycles. The fourth-order valence-electron chi connectivity index (χ4n) is 2.55. The lowest BCUT2D eigenvalue weighted by Crippen LogP contribution is -2.38. The molecule has 1 amide bonds. The van der Waals surface area contributed by atoms with Crippen LogP contribution in [-0.2, 0) is 4.87 Å². The van der Waals surface area contributed by atoms with E-state index >= 15 is 0 Å². The normalized spacial score (nSPS) is 21.2. The zero-order valence-electron chi connectivity index (χ0n) is 10.7. The number of nitrogens with one attached hydrogen (secondary N) is 1. The maximum absolute atomic E-state index is 12.3. The Balaban J connectivity index is 1.84. The molecule has 19 heavy (non-hydrogen) atoms. The summed E-state index contributed by atoms with van der Waals surface area (Å²) in [6.07, 6.45) is 4.96. The molecule has 0 radical (unpaired) electrons. The number of piperidine rings is 1. The summed E-state index contributed by atoms with van der Waals surface area (Å²) in [5.74, 6) is -0.160. The Hall–Kier alpha value is -1.29. The number of hydrogen-bond acceptors (Lipinski definition) is 2. The molecule has 2 fully saturated rings. The van der Waals surface area contributed by atoms with Gasteiger partial charge in [0, 0.05) is 18.8 Å². The van der Waals surface area contributed by atoms with E-state index in [0.29, 0.717) is 0 Å². The standard InChI is InChI=1S/C14H17ClN2O2/c15-14(6-7-14)11-5-4-10(12(18)16-11)13(19)17-8-2-1-3-9-17/h4-5H,1-3,6-9H2,(H,16,18). The number of pyridine rings is 1. The average Bonchev–Trinajstić information content (AvgIpc) is 3.18. The van der Waals surface area contributed by atoms with Gasteiger partial charge in [0.2, 0.25) is 0 Å². The number of hydrogen-bond donors (Lipinski definition) is 1. The number of halogens is 1. The molecule has 102 valence electrons. The molecule has 1 aliphatic carbocycles. The molecule has 0 bridgehead atoms. The third-order valence-electron chi connectivity index (χ3n) is 3.95. The van der Waals surface area contributed by atoms with Crippen LogP contribution in [0.1, 0.15) is 48.2 Å². The predicted octanol–water partition coefficient (Wildman–Crippen LogP) is 2.23. The molecule has 2 heterocycles. The van der Waals surface area contributed by atoms with E-state index in [1.54, 1.807) is 17.0 Å². The second-order valence-electron chi connectivity index (χ2n) is 5.43. The van der Waals surface area contributed by atoms with Gasteiger partial charge < -0.3 is 9.88 Å². The molecule has 1 saturated carbocycles. The minimum Gasteiger partial charge on any atom is -0.338 e. The molecule has 0 atom stereocenters. The van der Waals surface area contributed by atoms with Crippen LogP contribution in [0.3, 0.4) is 0 Å². The smallest absolute Gasteiger partial charge is 0.261 e. The quantitative estimate of drug-likeness (QED) is 0.845. The van der Waals surface area contributed by atoms with Crippen molar-refractivity contribution in [1.82, 2.24) is 9.88 Å². The topological polar surface area (TPSA) is 53.2 Å². The van der Waals surface area contributed by atoms with E-state index in [9.17, 15) is 9.59 Å². The molecule has 3 rings (SSSR count). The summed E-state index contributed by atoms with van der Waals surface area (Å²) in [5.41, 5.74) is 0.640. The summed E-state index contributed by atoms with van der Waals surface area (Å²) < 4.78 is 0. The number of nitrogens with zero attached hydrogens (tertiary/aromatic N) is 1. The first-order valence-electron chi connectivity index (χ1n) is 6.82. The van der Waals surface area contributed by atoms with Crippen LogP contribution in [0.4, 0.5) is 0 Å². The summed E-state index contributed by atoms with van der Waals surface area (Å²) in [6, 6.07) is 3.39. The minimum atomic E-state index is -0.397. The largest absolute Gasteiger partial charge is 0.338 e. The van der Waals surface area contributed by atoms with Gasteiger partial charge in [-0.2, -0.15) is 0 Å². The third-order valence-corrected chi connectivity index (χ3v) is 4.54. The maximum Gasteiger partial charge on any atom is 0.261 e. The van der Waals surface area contributed by atoms with Crippen molar-refractivity contribution in [2.24, 2.45) is 0 Å². The number of amides is 1. The fraction of sp³-hybridized carbons (Fsp3) is 0.571. The SMILES string of the molecule is O=C(c1ccc(C2(Cl)CC2)[nH]c1=O)N1CCCCC1. The van der Waals surface area contributed by atoms with Crippen molar-refractivity contribution in [3.8, 4) is 0 Å². The molecule has 1 saturated heterocycles. The van der Waals surface area contributed by atoms with E-state index in [-0.39, 0.29) is 17.0 Å². The van der Waals surface area contributed by atoms with Crippen molar-refractivity contribution in [2.45, 2.75) is 37.0 Å². The molecule has 0 unspecified atom stereocenters. The van der Waals surface area contributed by atoms with Crippen molar-refractivity contribution in [3.05, 3.63) is 33.7 Å². The van der Waals surface area contributed by atoms with Crippen LogP contribution in [-0.4, -0.2) is 28.9 Å². The Kier molecular flexibility index (Phi) is 3.13. The van der Waals surface area contributed by atoms with Gasteiger partial charge >= 0.3 is 0 Å². The molecular weight excluding hydrogens is 264 g/mol. The number of carbonyl (C=O) groups excluding carboxylic acids is 1. The summed E-state index contributed by atoms with van der Waals surface area (Å²) in [4.78, 5) is 28.4. The Morgan fingerprint density at radius 3 is 2.47 bits per heavy atom. The van der Waals surface area contributed by atoms with Crippen LogP contribution < -0.4 is 5.56 Å². The second-order valence-corrected chi connectivity index (χ2v) is 6.16. The van der Waals surface area contributed by atoms with Crippen LogP contribution in [0.15, 0.2) is 16.9 Å². The zero-order chi connectivity index (χ0) is 13.5. The molecule has 1 aliphatic heterocycles. The number of rotatable bonds is 2. The second kappa shape index (κ2) is 4.67. The van der Waals surface area contributed by atoms with Gasteiger partial charge in [-0.25, -0.2) is 0 Å². The zero-order valence-corrected chi connectivity index (χ0v) is 11.5. The molecule has 1 N–H and O–H groups in total. The summed E-state index contributed by atoms with van der Waals surface area (Å²) in [5, 5.41) is 0. The van der Waals surface area contributed by atoms with E-state index < -0.39 is 4.87 Å². The Bertz CT molecular complexity index is 557. The highest BCUT2D eigenvalue weighted by Gasteiger charge is 2.43. The average molecular weight is 281 g/mol. The number of carbonyl (C=O) groups is 1. The maximum atomic E-state index is 12.3. The Morgan fingerprint density at radius 2 is 1.89 bits per heavy atom. The van der Waals surface area contributed by atoms with E-state index in [1.165, 1.54) is 0 Å². The molecular formula is C14H17ClN2O2. The first kappa shape index (κ1) is 12.7. The van der Waals surface area contributed by atoms with Crippen molar-refractivity contribution in [1.29, 1.82) is 0 Å². The fourth-order valence-corrected chi connectivity index (χ4v) is 2.75. The third kappa shape index (κ3) is 2.41. The van der Waals surface area contributed by atoms with E-state index in [0.717, 1.165) is 50.9 Å². The van der Waals surface area contributed by atoms with Crippen molar-refractivity contribution in [2.75, 3.05) is 13.1 Å². The molecule has 1 aromatic rings. The van der Waals surface area contributed by atoms with Crippen molar-refractivity contribution >= 4 is 17.5 Å². The number of H-pyrrole nitrogens is 1. The molecule has 2 aliphatic rings. The predicted molar refractivity (Wildman–Crippen MR) is 73.6 cm³/mol. The monoisotopic (exact) mass is 280 g/mol. The summed E-state index contributed by atoms with van der Waals surface area (Å²) in [7, 11) is 0. The Morgan fingerprint density at radius 1 is 1.21 bits per heavy atom. The van der Waals surface area contributed by atoms with Crippen molar-refractivity contribution in [3.63, 3.8) is 0 Å². The lowest BCUT2D eigenvalue weighted by atomic mass is 10.1. The summed E-state index contributed by atoms with van der Waals surface area (Å²) in [6.45, 7) is 1.50. The van der Waals surface area contributed by atoms with E-state index in [2.05, 4.69) is 4.98 Å². The van der Waals surface area contributed by atoms with Crippen LogP contribution >= 0.6 is 11.6 Å². The van der Waals surface area contributed by atoms with Crippen LogP contribution in [0.5, 0.6) is 0 Å². The first-order chi connectivity index (χ1) is 9.10. The lowest BCUT2D eigenvalue weighted by molar-refractivity contribution is 0.0722. The van der Waals surface area contributed by atoms with Gasteiger partial charge in [-0.3, -0.25) is 9.59 Å². The van der Waals surface area contributed by atoms with Gasteiger partial charge in [0.1, 0.15) is 5.56 Å². The molecule has 1 aromatic heterocycles. The van der Waals surface area contributed by atoms with Gasteiger partial charge in [-0.15, -0.1) is 11.6 Å².